The number of hydrogen-bond acceptors (Lipinski definition) is 7. The molecule has 0 radical (unpaired) electrons. The molecule has 2 N–H and O–H groups in total. The summed E-state index contributed by atoms with van der Waals surface area (Å²) in [6.45, 7) is 3.26. The summed E-state index contributed by atoms with van der Waals surface area (Å²) in [4.78, 5) is 29.9. The number of aromatic nitrogens is 3. The van der Waals surface area contributed by atoms with Crippen LogP contribution in [0.5, 0.6) is 5.75 Å². The summed E-state index contributed by atoms with van der Waals surface area (Å²) in [6, 6.07) is 10.5. The van der Waals surface area contributed by atoms with Crippen LogP contribution in [0, 0.1) is 0 Å². The van der Waals surface area contributed by atoms with Crippen LogP contribution < -0.4 is 25.2 Å². The molecular formula is C21H22ClN7O2. The van der Waals surface area contributed by atoms with E-state index in [-0.39, 0.29) is 0 Å². The lowest BCUT2D eigenvalue weighted by Crippen LogP contribution is -2.47. The third-order valence-corrected chi connectivity index (χ3v) is 5.08. The molecule has 1 aliphatic heterocycles. The van der Waals surface area contributed by atoms with Crippen LogP contribution in [-0.2, 0) is 0 Å². The number of nitrogens with one attached hydrogen (secondary N) is 2. The maximum absolute atomic E-state index is 12.3. The Hall–Kier alpha value is -3.59. The summed E-state index contributed by atoms with van der Waals surface area (Å²) in [5.74, 6) is 2.11. The van der Waals surface area contributed by atoms with Gasteiger partial charge >= 0.3 is 6.03 Å². The number of hydrogen-bond donors (Lipinski definition) is 2. The number of anilines is 4. The van der Waals surface area contributed by atoms with E-state index in [0.717, 1.165) is 32.0 Å². The number of carbonyl (C=O) groups is 1. The van der Waals surface area contributed by atoms with Crippen molar-refractivity contribution in [2.75, 3.05) is 53.7 Å². The van der Waals surface area contributed by atoms with Gasteiger partial charge in [-0.1, -0.05) is 17.7 Å². The van der Waals surface area contributed by atoms with Crippen molar-refractivity contribution < 1.29 is 9.53 Å². The standard InChI is InChI=1S/C21H22ClN7O2/c1-31-18-6-5-15(22)12-17(18)27-21(30)26-16-13-24-20(25-14-16)29-10-8-28(9-11-29)19-4-2-3-7-23-19/h2-7,12-14H,8-11H2,1H3,(H2,26,27,30). The van der Waals surface area contributed by atoms with Crippen LogP contribution in [0.2, 0.25) is 5.02 Å². The normalized spacial score (nSPS) is 13.6. The number of amides is 2. The van der Waals surface area contributed by atoms with E-state index in [1.165, 1.54) is 7.11 Å². The third-order valence-electron chi connectivity index (χ3n) is 4.84. The Morgan fingerprint density at radius 1 is 1.00 bits per heavy atom. The van der Waals surface area contributed by atoms with Crippen LogP contribution in [0.15, 0.2) is 55.0 Å². The predicted octanol–water partition coefficient (Wildman–Crippen LogP) is 3.50. The zero-order chi connectivity index (χ0) is 21.6. The molecule has 2 amide bonds. The van der Waals surface area contributed by atoms with Crippen LogP contribution in [0.25, 0.3) is 0 Å². The third kappa shape index (κ3) is 5.13. The molecule has 0 unspecified atom stereocenters. The second kappa shape index (κ2) is 9.48. The van der Waals surface area contributed by atoms with Crippen molar-refractivity contribution in [3.8, 4) is 5.75 Å². The van der Waals surface area contributed by atoms with E-state index in [4.69, 9.17) is 16.3 Å². The minimum atomic E-state index is -0.444. The number of urea groups is 1. The summed E-state index contributed by atoms with van der Waals surface area (Å²) in [5.41, 5.74) is 0.949. The van der Waals surface area contributed by atoms with Crippen molar-refractivity contribution in [3.63, 3.8) is 0 Å². The predicted molar refractivity (Wildman–Crippen MR) is 121 cm³/mol. The summed E-state index contributed by atoms with van der Waals surface area (Å²) >= 11 is 5.99. The average Bonchev–Trinajstić information content (AvgIpc) is 2.80. The van der Waals surface area contributed by atoms with Gasteiger partial charge in [0.15, 0.2) is 0 Å². The largest absolute Gasteiger partial charge is 0.495 e. The Kier molecular flexibility index (Phi) is 6.32. The van der Waals surface area contributed by atoms with E-state index >= 15 is 0 Å². The number of piperazine rings is 1. The fourth-order valence-corrected chi connectivity index (χ4v) is 3.46. The van der Waals surface area contributed by atoms with E-state index < -0.39 is 6.03 Å². The molecule has 2 aromatic heterocycles. The number of ether oxygens (including phenoxy) is 1. The van der Waals surface area contributed by atoms with Gasteiger partial charge in [-0.25, -0.2) is 19.7 Å². The quantitative estimate of drug-likeness (QED) is 0.628. The highest BCUT2D eigenvalue weighted by atomic mass is 35.5. The van der Waals surface area contributed by atoms with Crippen molar-refractivity contribution in [2.45, 2.75) is 0 Å². The number of pyridine rings is 1. The molecule has 0 aliphatic carbocycles. The van der Waals surface area contributed by atoms with Crippen LogP contribution in [0.1, 0.15) is 0 Å². The molecule has 3 heterocycles. The van der Waals surface area contributed by atoms with E-state index in [1.807, 2.05) is 18.2 Å². The first-order valence-electron chi connectivity index (χ1n) is 9.77. The van der Waals surface area contributed by atoms with Gasteiger partial charge in [-0.15, -0.1) is 0 Å². The van der Waals surface area contributed by atoms with Gasteiger partial charge in [0.05, 0.1) is 30.9 Å². The maximum Gasteiger partial charge on any atom is 0.323 e. The van der Waals surface area contributed by atoms with Crippen LogP contribution >= 0.6 is 11.6 Å². The van der Waals surface area contributed by atoms with E-state index in [9.17, 15) is 4.79 Å². The molecule has 160 valence electrons. The van der Waals surface area contributed by atoms with Gasteiger partial charge < -0.3 is 25.2 Å². The molecular weight excluding hydrogens is 418 g/mol. The average molecular weight is 440 g/mol. The lowest BCUT2D eigenvalue weighted by molar-refractivity contribution is 0.262. The smallest absolute Gasteiger partial charge is 0.323 e. The number of nitrogens with zero attached hydrogens (tertiary/aromatic N) is 5. The van der Waals surface area contributed by atoms with Crippen molar-refractivity contribution >= 4 is 40.8 Å². The maximum atomic E-state index is 12.3. The van der Waals surface area contributed by atoms with Gasteiger partial charge in [0, 0.05) is 37.4 Å². The Labute approximate surface area is 185 Å². The fourth-order valence-electron chi connectivity index (χ4n) is 3.29. The minimum absolute atomic E-state index is 0.444. The molecule has 1 fully saturated rings. The molecule has 4 rings (SSSR count). The highest BCUT2D eigenvalue weighted by Crippen LogP contribution is 2.27. The van der Waals surface area contributed by atoms with Crippen molar-refractivity contribution in [1.82, 2.24) is 15.0 Å². The Morgan fingerprint density at radius 2 is 1.74 bits per heavy atom. The van der Waals surface area contributed by atoms with Gasteiger partial charge in [-0.05, 0) is 30.3 Å². The van der Waals surface area contributed by atoms with Gasteiger partial charge in [0.25, 0.3) is 0 Å². The zero-order valence-electron chi connectivity index (χ0n) is 17.0. The minimum Gasteiger partial charge on any atom is -0.495 e. The van der Waals surface area contributed by atoms with Gasteiger partial charge in [-0.3, -0.25) is 0 Å². The Bertz CT molecular complexity index is 1030. The molecule has 1 aromatic carbocycles. The highest BCUT2D eigenvalue weighted by molar-refractivity contribution is 6.31. The fraction of sp³-hybridized carbons (Fsp3) is 0.238. The van der Waals surface area contributed by atoms with Gasteiger partial charge in [0.2, 0.25) is 5.95 Å². The van der Waals surface area contributed by atoms with Crippen LogP contribution in [-0.4, -0.2) is 54.3 Å². The molecule has 1 saturated heterocycles. The molecule has 9 nitrogen and oxygen atoms in total. The van der Waals surface area contributed by atoms with E-state index in [2.05, 4.69) is 35.4 Å². The summed E-state index contributed by atoms with van der Waals surface area (Å²) < 4.78 is 5.23. The summed E-state index contributed by atoms with van der Waals surface area (Å²) in [5, 5.41) is 5.92. The van der Waals surface area contributed by atoms with E-state index in [1.54, 1.807) is 36.8 Å². The van der Waals surface area contributed by atoms with Gasteiger partial charge in [0.1, 0.15) is 11.6 Å². The van der Waals surface area contributed by atoms with Crippen molar-refractivity contribution in [2.24, 2.45) is 0 Å². The molecule has 0 saturated carbocycles. The number of halogens is 1. The highest BCUT2D eigenvalue weighted by Gasteiger charge is 2.20. The molecule has 3 aromatic rings. The Morgan fingerprint density at radius 3 is 2.42 bits per heavy atom. The zero-order valence-corrected chi connectivity index (χ0v) is 17.7. The number of methoxy groups -OCH3 is 1. The molecule has 0 atom stereocenters. The number of rotatable bonds is 5. The van der Waals surface area contributed by atoms with E-state index in [0.29, 0.717) is 28.1 Å². The van der Waals surface area contributed by atoms with Gasteiger partial charge in [-0.2, -0.15) is 0 Å². The lowest BCUT2D eigenvalue weighted by Gasteiger charge is -2.35. The first-order chi connectivity index (χ1) is 15.1. The SMILES string of the molecule is COc1ccc(Cl)cc1NC(=O)Nc1cnc(N2CCN(c3ccccn3)CC2)nc1. The molecule has 0 bridgehead atoms. The Balaban J connectivity index is 1.32. The summed E-state index contributed by atoms with van der Waals surface area (Å²) in [6.07, 6.45) is 4.97. The molecule has 31 heavy (non-hydrogen) atoms. The molecule has 0 spiro atoms. The van der Waals surface area contributed by atoms with Crippen molar-refractivity contribution in [3.05, 3.63) is 60.0 Å². The van der Waals surface area contributed by atoms with Crippen molar-refractivity contribution in [1.29, 1.82) is 0 Å². The number of benzene rings is 1. The molecule has 10 heteroatoms. The topological polar surface area (TPSA) is 95.5 Å². The first kappa shape index (κ1) is 20.7. The molecule has 1 aliphatic rings. The second-order valence-electron chi connectivity index (χ2n) is 6.86. The lowest BCUT2D eigenvalue weighted by atomic mass is 10.3. The first-order valence-corrected chi connectivity index (χ1v) is 10.1. The van der Waals surface area contributed by atoms with Crippen LogP contribution in [0.3, 0.4) is 0 Å². The number of carbonyl (C=O) groups excluding carboxylic acids is 1. The monoisotopic (exact) mass is 439 g/mol. The summed E-state index contributed by atoms with van der Waals surface area (Å²) in [7, 11) is 1.52. The second-order valence-corrected chi connectivity index (χ2v) is 7.29. The van der Waals surface area contributed by atoms with Crippen LogP contribution in [0.4, 0.5) is 27.9 Å².